The Bertz CT molecular complexity index is 758. The van der Waals surface area contributed by atoms with Gasteiger partial charge >= 0.3 is 0 Å². The Kier molecular flexibility index (Phi) is 2.06. The molecule has 0 spiro atoms. The van der Waals surface area contributed by atoms with Crippen molar-refractivity contribution in [2.75, 3.05) is 0 Å². The number of aromatic nitrogens is 2. The summed E-state index contributed by atoms with van der Waals surface area (Å²) < 4.78 is 2.28. The molecule has 0 radical (unpaired) electrons. The molecule has 0 N–H and O–H groups in total. The van der Waals surface area contributed by atoms with Crippen molar-refractivity contribution in [2.45, 2.75) is 17.8 Å². The van der Waals surface area contributed by atoms with E-state index in [9.17, 15) is 0 Å². The minimum Gasteiger partial charge on any atom is -0.287 e. The van der Waals surface area contributed by atoms with Gasteiger partial charge in [-0.15, -0.1) is 0 Å². The van der Waals surface area contributed by atoms with Crippen LogP contribution < -0.4 is 0 Å². The second kappa shape index (κ2) is 3.62. The molecule has 0 amide bonds. The monoisotopic (exact) mass is 252 g/mol. The highest BCUT2D eigenvalue weighted by Gasteiger charge is 2.20. The highest BCUT2D eigenvalue weighted by atomic mass is 32.2. The van der Waals surface area contributed by atoms with Gasteiger partial charge < -0.3 is 0 Å². The van der Waals surface area contributed by atoms with E-state index in [0.29, 0.717) is 0 Å². The molecule has 1 aliphatic heterocycles. The van der Waals surface area contributed by atoms with Crippen molar-refractivity contribution in [2.24, 2.45) is 0 Å². The molecule has 0 saturated heterocycles. The Morgan fingerprint density at radius 1 is 1.17 bits per heavy atom. The molecule has 0 atom stereocenters. The number of fused-ring (bicyclic) bond motifs is 5. The largest absolute Gasteiger partial charge is 0.287 e. The van der Waals surface area contributed by atoms with Crippen molar-refractivity contribution >= 4 is 22.8 Å². The van der Waals surface area contributed by atoms with Crippen LogP contribution in [0.5, 0.6) is 0 Å². The van der Waals surface area contributed by atoms with Crippen molar-refractivity contribution < 1.29 is 0 Å². The third-order valence-electron chi connectivity index (χ3n) is 3.36. The molecule has 1 aromatic heterocycles. The molecule has 4 rings (SSSR count). The molecule has 3 heteroatoms. The average Bonchev–Trinajstić information content (AvgIpc) is 2.77. The van der Waals surface area contributed by atoms with E-state index < -0.39 is 0 Å². The summed E-state index contributed by atoms with van der Waals surface area (Å²) in [6, 6.07) is 15.0. The summed E-state index contributed by atoms with van der Waals surface area (Å²) in [6.07, 6.45) is 0. The maximum Gasteiger partial charge on any atom is 0.174 e. The van der Waals surface area contributed by atoms with Crippen LogP contribution in [0.1, 0.15) is 11.1 Å². The summed E-state index contributed by atoms with van der Waals surface area (Å²) >= 11 is 1.82. The molecule has 2 nitrogen and oxygen atoms in total. The smallest absolute Gasteiger partial charge is 0.174 e. The molecule has 18 heavy (non-hydrogen) atoms. The zero-order chi connectivity index (χ0) is 12.1. The Balaban J connectivity index is 2.10. The number of hydrogen-bond acceptors (Lipinski definition) is 2. The van der Waals surface area contributed by atoms with Crippen molar-refractivity contribution in [3.63, 3.8) is 0 Å². The van der Waals surface area contributed by atoms with E-state index in [1.54, 1.807) is 0 Å². The van der Waals surface area contributed by atoms with Gasteiger partial charge in [0.1, 0.15) is 0 Å². The first kappa shape index (κ1) is 10.2. The summed E-state index contributed by atoms with van der Waals surface area (Å²) in [6.45, 7) is 2.15. The van der Waals surface area contributed by atoms with Crippen LogP contribution in [0.4, 0.5) is 0 Å². The molecular formula is C15H12N2S. The van der Waals surface area contributed by atoms with Gasteiger partial charge in [0, 0.05) is 5.75 Å². The van der Waals surface area contributed by atoms with E-state index in [1.807, 2.05) is 17.8 Å². The summed E-state index contributed by atoms with van der Waals surface area (Å²) in [5, 5.41) is 1.10. The molecule has 0 bridgehead atoms. The highest BCUT2D eigenvalue weighted by molar-refractivity contribution is 7.98. The summed E-state index contributed by atoms with van der Waals surface area (Å²) in [5.74, 6) is 1.01. The topological polar surface area (TPSA) is 17.8 Å². The Hall–Kier alpha value is -1.74. The van der Waals surface area contributed by atoms with E-state index in [1.165, 1.54) is 22.3 Å². The Morgan fingerprint density at radius 3 is 3.00 bits per heavy atom. The number of rotatable bonds is 0. The normalized spacial score (nSPS) is 13.4. The summed E-state index contributed by atoms with van der Waals surface area (Å²) in [7, 11) is 0. The van der Waals surface area contributed by atoms with Crippen molar-refractivity contribution in [3.8, 4) is 5.69 Å². The van der Waals surface area contributed by atoms with Crippen molar-refractivity contribution in [1.82, 2.24) is 9.55 Å². The van der Waals surface area contributed by atoms with Crippen LogP contribution in [0.2, 0.25) is 0 Å². The predicted molar refractivity (Wildman–Crippen MR) is 75.4 cm³/mol. The molecule has 3 aromatic rings. The molecule has 0 fully saturated rings. The fourth-order valence-corrected chi connectivity index (χ4v) is 3.53. The lowest BCUT2D eigenvalue weighted by Crippen LogP contribution is -2.05. The van der Waals surface area contributed by atoms with Crippen LogP contribution in [0, 0.1) is 6.92 Å². The van der Waals surface area contributed by atoms with Crippen LogP contribution >= 0.6 is 11.8 Å². The van der Waals surface area contributed by atoms with Crippen LogP contribution in [0.25, 0.3) is 16.7 Å². The highest BCUT2D eigenvalue weighted by Crippen LogP contribution is 2.37. The predicted octanol–water partition coefficient (Wildman–Crippen LogP) is 3.94. The second-order valence-corrected chi connectivity index (χ2v) is 5.58. The van der Waals surface area contributed by atoms with E-state index in [0.717, 1.165) is 16.4 Å². The first-order valence-electron chi connectivity index (χ1n) is 6.03. The molecule has 0 saturated carbocycles. The van der Waals surface area contributed by atoms with Gasteiger partial charge in [-0.3, -0.25) is 4.57 Å². The van der Waals surface area contributed by atoms with Crippen LogP contribution in [-0.2, 0) is 5.75 Å². The molecule has 88 valence electrons. The number of imidazole rings is 1. The summed E-state index contributed by atoms with van der Waals surface area (Å²) in [5.41, 5.74) is 6.28. The average molecular weight is 252 g/mol. The molecular weight excluding hydrogens is 240 g/mol. The second-order valence-electron chi connectivity index (χ2n) is 4.64. The van der Waals surface area contributed by atoms with Crippen LogP contribution in [-0.4, -0.2) is 9.55 Å². The quantitative estimate of drug-likeness (QED) is 0.603. The van der Waals surface area contributed by atoms with E-state index in [-0.39, 0.29) is 0 Å². The third-order valence-corrected chi connectivity index (χ3v) is 4.35. The lowest BCUT2D eigenvalue weighted by atomic mass is 10.1. The molecule has 0 aliphatic carbocycles. The molecule has 0 unspecified atom stereocenters. The van der Waals surface area contributed by atoms with Gasteiger partial charge in [0.05, 0.1) is 16.7 Å². The summed E-state index contributed by atoms with van der Waals surface area (Å²) in [4.78, 5) is 4.70. The zero-order valence-electron chi connectivity index (χ0n) is 10.1. The van der Waals surface area contributed by atoms with Gasteiger partial charge in [0.2, 0.25) is 0 Å². The van der Waals surface area contributed by atoms with Gasteiger partial charge in [0.25, 0.3) is 0 Å². The lowest BCUT2D eigenvalue weighted by molar-refractivity contribution is 0.893. The maximum atomic E-state index is 4.70. The van der Waals surface area contributed by atoms with E-state index in [2.05, 4.69) is 47.9 Å². The van der Waals surface area contributed by atoms with Crippen molar-refractivity contribution in [1.29, 1.82) is 0 Å². The number of para-hydroxylation sites is 2. The first-order chi connectivity index (χ1) is 8.83. The van der Waals surface area contributed by atoms with Gasteiger partial charge in [-0.1, -0.05) is 41.6 Å². The number of nitrogens with zero attached hydrogens (tertiary/aromatic N) is 2. The Labute approximate surface area is 110 Å². The zero-order valence-corrected chi connectivity index (χ0v) is 10.9. The van der Waals surface area contributed by atoms with E-state index >= 15 is 0 Å². The first-order valence-corrected chi connectivity index (χ1v) is 7.02. The lowest BCUT2D eigenvalue weighted by Gasteiger charge is -2.19. The molecule has 2 heterocycles. The van der Waals surface area contributed by atoms with Gasteiger partial charge in [-0.2, -0.15) is 0 Å². The number of aryl methyl sites for hydroxylation is 1. The Morgan fingerprint density at radius 2 is 2.06 bits per heavy atom. The van der Waals surface area contributed by atoms with Crippen molar-refractivity contribution in [3.05, 3.63) is 53.6 Å². The SMILES string of the molecule is Cc1ccc2c(c1)CSc1nc3ccccc3n1-2. The van der Waals surface area contributed by atoms with E-state index in [4.69, 9.17) is 4.98 Å². The van der Waals surface area contributed by atoms with Gasteiger partial charge in [0.15, 0.2) is 5.16 Å². The maximum absolute atomic E-state index is 4.70. The number of benzene rings is 2. The fraction of sp³-hybridized carbons (Fsp3) is 0.133. The standard InChI is InChI=1S/C15H12N2S/c1-10-6-7-13-11(8-10)9-18-15-16-12-4-2-3-5-14(12)17(13)15/h2-8H,9H2,1H3. The van der Waals surface area contributed by atoms with Crippen LogP contribution in [0.3, 0.4) is 0 Å². The van der Waals surface area contributed by atoms with Gasteiger partial charge in [-0.05, 0) is 30.7 Å². The minimum absolute atomic E-state index is 1.01. The fourth-order valence-electron chi connectivity index (χ4n) is 2.52. The van der Waals surface area contributed by atoms with Gasteiger partial charge in [-0.25, -0.2) is 4.98 Å². The third kappa shape index (κ3) is 1.34. The minimum atomic E-state index is 1.01. The number of thioether (sulfide) groups is 1. The van der Waals surface area contributed by atoms with Crippen LogP contribution in [0.15, 0.2) is 47.6 Å². The molecule has 2 aromatic carbocycles. The number of hydrogen-bond donors (Lipinski definition) is 0. The molecule has 1 aliphatic rings.